The molecule has 0 aliphatic carbocycles. The summed E-state index contributed by atoms with van der Waals surface area (Å²) in [5, 5.41) is 17.6. The maximum Gasteiger partial charge on any atom is 0.308 e. The molecular formula is C13H15N3O3S. The van der Waals surface area contributed by atoms with Gasteiger partial charge in [-0.05, 0) is 17.5 Å². The van der Waals surface area contributed by atoms with Gasteiger partial charge in [0.2, 0.25) is 0 Å². The maximum absolute atomic E-state index is 12.1. The van der Waals surface area contributed by atoms with Crippen molar-refractivity contribution in [1.29, 1.82) is 0 Å². The second-order valence-corrected chi connectivity index (χ2v) is 5.52. The lowest BCUT2D eigenvalue weighted by molar-refractivity contribution is -0.141. The number of hydrogen-bond donors (Lipinski definition) is 2. The minimum atomic E-state index is -0.925. The molecule has 0 fully saturated rings. The molecule has 0 radical (unpaired) electrons. The molecule has 0 bridgehead atoms. The second-order valence-electron chi connectivity index (χ2n) is 4.57. The molecule has 2 aromatic rings. The zero-order chi connectivity index (χ0) is 14.7. The first-order valence-electron chi connectivity index (χ1n) is 6.06. The quantitative estimate of drug-likeness (QED) is 0.882. The Labute approximate surface area is 120 Å². The average molecular weight is 293 g/mol. The Hall–Kier alpha value is -2.15. The van der Waals surface area contributed by atoms with E-state index in [-0.39, 0.29) is 18.1 Å². The molecule has 0 spiro atoms. The molecule has 0 saturated heterocycles. The summed E-state index contributed by atoms with van der Waals surface area (Å²) in [6.45, 7) is 1.71. The highest BCUT2D eigenvalue weighted by Crippen LogP contribution is 2.23. The zero-order valence-electron chi connectivity index (χ0n) is 11.2. The molecule has 2 aromatic heterocycles. The SMILES string of the molecule is C[C@@H](CN(C)C(=O)c1cc(-c2cccs2)[nH]n1)C(=O)O. The molecular weight excluding hydrogens is 278 g/mol. The number of amides is 1. The number of carbonyl (C=O) groups is 2. The molecule has 1 amide bonds. The predicted octanol–water partition coefficient (Wildman–Crippen LogP) is 1.93. The summed E-state index contributed by atoms with van der Waals surface area (Å²) in [5.74, 6) is -1.83. The number of rotatable bonds is 5. The van der Waals surface area contributed by atoms with Crippen LogP contribution >= 0.6 is 11.3 Å². The van der Waals surface area contributed by atoms with Crippen molar-refractivity contribution in [3.63, 3.8) is 0 Å². The number of hydrogen-bond acceptors (Lipinski definition) is 4. The Kier molecular flexibility index (Phi) is 4.19. The molecule has 2 rings (SSSR count). The molecule has 1 atom stereocenters. The minimum absolute atomic E-state index is 0.148. The second kappa shape index (κ2) is 5.87. The van der Waals surface area contributed by atoms with E-state index in [0.29, 0.717) is 0 Å². The molecule has 0 saturated carbocycles. The number of aromatic nitrogens is 2. The van der Waals surface area contributed by atoms with Crippen molar-refractivity contribution in [2.24, 2.45) is 5.92 Å². The number of nitrogens with zero attached hydrogens (tertiary/aromatic N) is 2. The van der Waals surface area contributed by atoms with Crippen LogP contribution < -0.4 is 0 Å². The molecule has 20 heavy (non-hydrogen) atoms. The van der Waals surface area contributed by atoms with Gasteiger partial charge in [-0.2, -0.15) is 5.10 Å². The van der Waals surface area contributed by atoms with E-state index in [9.17, 15) is 9.59 Å². The van der Waals surface area contributed by atoms with Gasteiger partial charge in [0.1, 0.15) is 0 Å². The van der Waals surface area contributed by atoms with Gasteiger partial charge in [-0.3, -0.25) is 14.7 Å². The first kappa shape index (κ1) is 14.3. The first-order chi connectivity index (χ1) is 9.49. The largest absolute Gasteiger partial charge is 0.481 e. The van der Waals surface area contributed by atoms with Crippen molar-refractivity contribution >= 4 is 23.2 Å². The van der Waals surface area contributed by atoms with Crippen molar-refractivity contribution in [2.75, 3.05) is 13.6 Å². The van der Waals surface area contributed by atoms with Crippen LogP contribution in [-0.4, -0.2) is 45.7 Å². The molecule has 0 aliphatic heterocycles. The zero-order valence-corrected chi connectivity index (χ0v) is 12.0. The van der Waals surface area contributed by atoms with E-state index < -0.39 is 11.9 Å². The van der Waals surface area contributed by atoms with E-state index >= 15 is 0 Å². The summed E-state index contributed by atoms with van der Waals surface area (Å²) in [7, 11) is 1.57. The Morgan fingerprint density at radius 3 is 2.90 bits per heavy atom. The van der Waals surface area contributed by atoms with Gasteiger partial charge in [0, 0.05) is 13.6 Å². The van der Waals surface area contributed by atoms with Gasteiger partial charge in [0.05, 0.1) is 16.5 Å². The Morgan fingerprint density at radius 1 is 1.55 bits per heavy atom. The van der Waals surface area contributed by atoms with Crippen LogP contribution in [0, 0.1) is 5.92 Å². The molecule has 7 heteroatoms. The van der Waals surface area contributed by atoms with Gasteiger partial charge < -0.3 is 10.0 Å². The maximum atomic E-state index is 12.1. The van der Waals surface area contributed by atoms with E-state index in [1.54, 1.807) is 31.4 Å². The normalized spacial score (nSPS) is 12.1. The van der Waals surface area contributed by atoms with E-state index in [0.717, 1.165) is 10.6 Å². The molecule has 6 nitrogen and oxygen atoms in total. The van der Waals surface area contributed by atoms with E-state index in [2.05, 4.69) is 10.2 Å². The van der Waals surface area contributed by atoms with Gasteiger partial charge >= 0.3 is 5.97 Å². The molecule has 0 unspecified atom stereocenters. The Morgan fingerprint density at radius 2 is 2.30 bits per heavy atom. The number of H-pyrrole nitrogens is 1. The standard InChI is InChI=1S/C13H15N3O3S/c1-8(13(18)19)7-16(2)12(17)10-6-9(14-15-10)11-4-3-5-20-11/h3-6,8H,7H2,1-2H3,(H,14,15)(H,18,19)/t8-/m0/s1. The predicted molar refractivity (Wildman–Crippen MR) is 75.7 cm³/mol. The summed E-state index contributed by atoms with van der Waals surface area (Å²) in [6, 6.07) is 5.53. The monoisotopic (exact) mass is 293 g/mol. The number of nitrogens with one attached hydrogen (secondary N) is 1. The van der Waals surface area contributed by atoms with Crippen LogP contribution in [0.25, 0.3) is 10.6 Å². The Bertz CT molecular complexity index is 606. The van der Waals surface area contributed by atoms with Crippen LogP contribution in [0.3, 0.4) is 0 Å². The highest BCUT2D eigenvalue weighted by molar-refractivity contribution is 7.13. The molecule has 2 N–H and O–H groups in total. The summed E-state index contributed by atoms with van der Waals surface area (Å²) >= 11 is 1.55. The lowest BCUT2D eigenvalue weighted by Gasteiger charge is -2.18. The first-order valence-corrected chi connectivity index (χ1v) is 6.94. The van der Waals surface area contributed by atoms with Gasteiger partial charge in [0.25, 0.3) is 5.91 Å². The van der Waals surface area contributed by atoms with E-state index in [1.807, 2.05) is 17.5 Å². The number of thiophene rings is 1. The van der Waals surface area contributed by atoms with E-state index in [1.165, 1.54) is 4.90 Å². The van der Waals surface area contributed by atoms with E-state index in [4.69, 9.17) is 5.11 Å². The van der Waals surface area contributed by atoms with Crippen LogP contribution in [0.1, 0.15) is 17.4 Å². The molecule has 0 aliphatic rings. The highest BCUT2D eigenvalue weighted by Gasteiger charge is 2.20. The van der Waals surface area contributed by atoms with Crippen LogP contribution in [0.4, 0.5) is 0 Å². The van der Waals surface area contributed by atoms with Crippen molar-refractivity contribution in [3.05, 3.63) is 29.3 Å². The van der Waals surface area contributed by atoms with Gasteiger partial charge in [0.15, 0.2) is 5.69 Å². The van der Waals surface area contributed by atoms with Crippen LogP contribution in [0.15, 0.2) is 23.6 Å². The summed E-state index contributed by atoms with van der Waals surface area (Å²) in [5.41, 5.74) is 1.07. The van der Waals surface area contributed by atoms with Crippen molar-refractivity contribution < 1.29 is 14.7 Å². The number of carboxylic acids is 1. The molecule has 106 valence electrons. The van der Waals surface area contributed by atoms with Crippen molar-refractivity contribution in [3.8, 4) is 10.6 Å². The lowest BCUT2D eigenvalue weighted by atomic mass is 10.1. The fourth-order valence-corrected chi connectivity index (χ4v) is 2.45. The smallest absolute Gasteiger partial charge is 0.308 e. The number of carbonyl (C=O) groups excluding carboxylic acids is 1. The van der Waals surface area contributed by atoms with Crippen molar-refractivity contribution in [2.45, 2.75) is 6.92 Å². The van der Waals surface area contributed by atoms with Gasteiger partial charge in [-0.25, -0.2) is 0 Å². The summed E-state index contributed by atoms with van der Waals surface area (Å²) < 4.78 is 0. The van der Waals surface area contributed by atoms with Crippen LogP contribution in [0.2, 0.25) is 0 Å². The van der Waals surface area contributed by atoms with Gasteiger partial charge in [-0.15, -0.1) is 11.3 Å². The fraction of sp³-hybridized carbons (Fsp3) is 0.308. The fourth-order valence-electron chi connectivity index (χ4n) is 1.76. The topological polar surface area (TPSA) is 86.3 Å². The van der Waals surface area contributed by atoms with Crippen LogP contribution in [-0.2, 0) is 4.79 Å². The summed E-state index contributed by atoms with van der Waals surface area (Å²) in [6.07, 6.45) is 0. The minimum Gasteiger partial charge on any atom is -0.481 e. The Balaban J connectivity index is 2.08. The van der Waals surface area contributed by atoms with Crippen molar-refractivity contribution in [1.82, 2.24) is 15.1 Å². The number of aliphatic carboxylic acids is 1. The lowest BCUT2D eigenvalue weighted by Crippen LogP contribution is -2.33. The van der Waals surface area contributed by atoms with Crippen LogP contribution in [0.5, 0.6) is 0 Å². The van der Waals surface area contributed by atoms with Gasteiger partial charge in [-0.1, -0.05) is 13.0 Å². The third-order valence-electron chi connectivity index (χ3n) is 2.90. The summed E-state index contributed by atoms with van der Waals surface area (Å²) in [4.78, 5) is 25.3. The average Bonchev–Trinajstić information content (AvgIpc) is 3.07. The third-order valence-corrected chi connectivity index (χ3v) is 3.80. The molecule has 2 heterocycles. The number of aromatic amines is 1. The third kappa shape index (κ3) is 3.05. The highest BCUT2D eigenvalue weighted by atomic mass is 32.1. The number of carboxylic acid groups (broad SMARTS) is 1. The molecule has 0 aromatic carbocycles.